The molecule has 0 aromatic heterocycles. The lowest BCUT2D eigenvalue weighted by Crippen LogP contribution is -2.43. The average molecular weight is 299 g/mol. The number of hydrogen-bond donors (Lipinski definition) is 2. The van der Waals surface area contributed by atoms with E-state index in [1.807, 2.05) is 18.2 Å². The standard InChI is InChI=1S/C13H19BrN2O/c1-16-7-3-5-11(9-16)15-8-10-4-2-6-12(14)13(10)17/h2,4,6,11,15,17H,3,5,7-9H2,1H3. The number of halogens is 1. The maximum Gasteiger partial charge on any atom is 0.134 e. The Morgan fingerprint density at radius 1 is 1.53 bits per heavy atom. The van der Waals surface area contributed by atoms with E-state index in [1.165, 1.54) is 19.4 Å². The third kappa shape index (κ3) is 3.44. The van der Waals surface area contributed by atoms with Crippen LogP contribution in [0.3, 0.4) is 0 Å². The van der Waals surface area contributed by atoms with Crippen LogP contribution in [0.4, 0.5) is 0 Å². The molecule has 94 valence electrons. The average Bonchev–Trinajstić information content (AvgIpc) is 2.31. The smallest absolute Gasteiger partial charge is 0.134 e. The number of phenolic OH excluding ortho intramolecular Hbond substituents is 1. The number of piperidine rings is 1. The molecule has 17 heavy (non-hydrogen) atoms. The van der Waals surface area contributed by atoms with Gasteiger partial charge in [0, 0.05) is 24.7 Å². The van der Waals surface area contributed by atoms with Gasteiger partial charge in [0.2, 0.25) is 0 Å². The minimum atomic E-state index is 0.351. The molecule has 0 amide bonds. The van der Waals surface area contributed by atoms with E-state index in [-0.39, 0.29) is 0 Å². The van der Waals surface area contributed by atoms with Gasteiger partial charge in [0.25, 0.3) is 0 Å². The normalized spacial score (nSPS) is 21.6. The van der Waals surface area contributed by atoms with E-state index < -0.39 is 0 Å². The van der Waals surface area contributed by atoms with Crippen LogP contribution < -0.4 is 5.32 Å². The van der Waals surface area contributed by atoms with Gasteiger partial charge >= 0.3 is 0 Å². The molecule has 1 saturated heterocycles. The lowest BCUT2D eigenvalue weighted by Gasteiger charge is -2.30. The fourth-order valence-electron chi connectivity index (χ4n) is 2.29. The minimum absolute atomic E-state index is 0.351. The summed E-state index contributed by atoms with van der Waals surface area (Å²) in [6.45, 7) is 3.01. The number of phenols is 1. The van der Waals surface area contributed by atoms with E-state index in [0.29, 0.717) is 11.8 Å². The van der Waals surface area contributed by atoms with Gasteiger partial charge in [-0.15, -0.1) is 0 Å². The molecule has 1 fully saturated rings. The summed E-state index contributed by atoms with van der Waals surface area (Å²) >= 11 is 3.34. The van der Waals surface area contributed by atoms with E-state index in [9.17, 15) is 5.11 Å². The van der Waals surface area contributed by atoms with Crippen molar-refractivity contribution in [3.63, 3.8) is 0 Å². The number of likely N-dealkylation sites (N-methyl/N-ethyl adjacent to an activating group) is 1. The summed E-state index contributed by atoms with van der Waals surface area (Å²) in [6, 6.07) is 6.30. The molecule has 2 N–H and O–H groups in total. The number of hydrogen-bond acceptors (Lipinski definition) is 3. The molecule has 0 saturated carbocycles. The van der Waals surface area contributed by atoms with Gasteiger partial charge in [0.05, 0.1) is 4.47 Å². The van der Waals surface area contributed by atoms with Crippen LogP contribution in [0, 0.1) is 0 Å². The molecule has 4 heteroatoms. The maximum atomic E-state index is 9.88. The van der Waals surface area contributed by atoms with E-state index in [0.717, 1.165) is 23.1 Å². The van der Waals surface area contributed by atoms with Crippen LogP contribution >= 0.6 is 15.9 Å². The highest BCUT2D eigenvalue weighted by Crippen LogP contribution is 2.27. The van der Waals surface area contributed by atoms with Crippen molar-refractivity contribution in [2.24, 2.45) is 0 Å². The highest BCUT2D eigenvalue weighted by molar-refractivity contribution is 9.10. The summed E-state index contributed by atoms with van der Waals surface area (Å²) in [7, 11) is 2.16. The minimum Gasteiger partial charge on any atom is -0.506 e. The van der Waals surface area contributed by atoms with E-state index in [4.69, 9.17) is 0 Å². The van der Waals surface area contributed by atoms with Gasteiger partial charge < -0.3 is 15.3 Å². The molecule has 1 heterocycles. The number of nitrogens with one attached hydrogen (secondary N) is 1. The number of rotatable bonds is 3. The Labute approximate surface area is 111 Å². The van der Waals surface area contributed by atoms with Crippen LogP contribution in [0.1, 0.15) is 18.4 Å². The van der Waals surface area contributed by atoms with Gasteiger partial charge in [-0.3, -0.25) is 0 Å². The largest absolute Gasteiger partial charge is 0.506 e. The Balaban J connectivity index is 1.91. The van der Waals surface area contributed by atoms with E-state index in [2.05, 4.69) is 33.2 Å². The van der Waals surface area contributed by atoms with Crippen molar-refractivity contribution < 1.29 is 5.11 Å². The summed E-state index contributed by atoms with van der Waals surface area (Å²) < 4.78 is 0.762. The lowest BCUT2D eigenvalue weighted by atomic mass is 10.1. The molecule has 1 unspecified atom stereocenters. The zero-order valence-corrected chi connectivity index (χ0v) is 11.7. The molecule has 1 aliphatic rings. The van der Waals surface area contributed by atoms with Crippen LogP contribution in [0.15, 0.2) is 22.7 Å². The number of nitrogens with zero attached hydrogens (tertiary/aromatic N) is 1. The third-order valence-electron chi connectivity index (χ3n) is 3.28. The van der Waals surface area contributed by atoms with Gasteiger partial charge in [-0.2, -0.15) is 0 Å². The molecule has 0 spiro atoms. The first-order valence-electron chi connectivity index (χ1n) is 6.05. The Bertz CT molecular complexity index is 384. The maximum absolute atomic E-state index is 9.88. The molecular formula is C13H19BrN2O. The predicted molar refractivity (Wildman–Crippen MR) is 73.2 cm³/mol. The molecule has 0 bridgehead atoms. The second-order valence-electron chi connectivity index (χ2n) is 4.73. The summed E-state index contributed by atoms with van der Waals surface area (Å²) in [4.78, 5) is 2.35. The quantitative estimate of drug-likeness (QED) is 0.899. The van der Waals surface area contributed by atoms with Crippen molar-refractivity contribution in [3.8, 4) is 5.75 Å². The highest BCUT2D eigenvalue weighted by Gasteiger charge is 2.16. The topological polar surface area (TPSA) is 35.5 Å². The Morgan fingerprint density at radius 3 is 3.12 bits per heavy atom. The van der Waals surface area contributed by atoms with Crippen molar-refractivity contribution in [2.75, 3.05) is 20.1 Å². The van der Waals surface area contributed by atoms with Crippen LogP contribution in [-0.2, 0) is 6.54 Å². The number of para-hydroxylation sites is 1. The summed E-state index contributed by atoms with van der Waals surface area (Å²) in [5.41, 5.74) is 0.951. The van der Waals surface area contributed by atoms with Crippen molar-refractivity contribution in [1.82, 2.24) is 10.2 Å². The van der Waals surface area contributed by atoms with Crippen molar-refractivity contribution in [3.05, 3.63) is 28.2 Å². The van der Waals surface area contributed by atoms with E-state index >= 15 is 0 Å². The zero-order valence-electron chi connectivity index (χ0n) is 10.1. The van der Waals surface area contributed by atoms with Crippen molar-refractivity contribution in [2.45, 2.75) is 25.4 Å². The second kappa shape index (κ2) is 5.85. The molecule has 0 radical (unpaired) electrons. The molecule has 1 aromatic carbocycles. The lowest BCUT2D eigenvalue weighted by molar-refractivity contribution is 0.226. The zero-order chi connectivity index (χ0) is 12.3. The number of benzene rings is 1. The van der Waals surface area contributed by atoms with Crippen LogP contribution in [-0.4, -0.2) is 36.2 Å². The van der Waals surface area contributed by atoms with Gasteiger partial charge in [-0.05, 0) is 48.4 Å². The van der Waals surface area contributed by atoms with Crippen LogP contribution in [0.2, 0.25) is 0 Å². The molecule has 0 aliphatic carbocycles. The predicted octanol–water partition coefficient (Wildman–Crippen LogP) is 2.34. The monoisotopic (exact) mass is 298 g/mol. The van der Waals surface area contributed by atoms with Gasteiger partial charge in [0.15, 0.2) is 0 Å². The van der Waals surface area contributed by atoms with Crippen LogP contribution in [0.25, 0.3) is 0 Å². The van der Waals surface area contributed by atoms with E-state index in [1.54, 1.807) is 0 Å². The molecule has 1 aromatic rings. The summed E-state index contributed by atoms with van der Waals surface area (Å²) in [5.74, 6) is 0.351. The molecule has 1 aliphatic heterocycles. The first kappa shape index (κ1) is 12.9. The SMILES string of the molecule is CN1CCCC(NCc2cccc(Br)c2O)C1. The Hall–Kier alpha value is -0.580. The summed E-state index contributed by atoms with van der Waals surface area (Å²) in [6.07, 6.45) is 2.47. The second-order valence-corrected chi connectivity index (χ2v) is 5.58. The summed E-state index contributed by atoms with van der Waals surface area (Å²) in [5, 5.41) is 13.4. The Kier molecular flexibility index (Phi) is 4.42. The van der Waals surface area contributed by atoms with Crippen molar-refractivity contribution >= 4 is 15.9 Å². The van der Waals surface area contributed by atoms with Gasteiger partial charge in [-0.1, -0.05) is 12.1 Å². The fraction of sp³-hybridized carbons (Fsp3) is 0.538. The van der Waals surface area contributed by atoms with Gasteiger partial charge in [0.1, 0.15) is 5.75 Å². The molecule has 2 rings (SSSR count). The van der Waals surface area contributed by atoms with Crippen LogP contribution in [0.5, 0.6) is 5.75 Å². The number of aromatic hydroxyl groups is 1. The number of likely N-dealkylation sites (tertiary alicyclic amines) is 1. The molecular weight excluding hydrogens is 280 g/mol. The van der Waals surface area contributed by atoms with Gasteiger partial charge in [-0.25, -0.2) is 0 Å². The first-order valence-corrected chi connectivity index (χ1v) is 6.84. The molecule has 3 nitrogen and oxygen atoms in total. The highest BCUT2D eigenvalue weighted by atomic mass is 79.9. The fourth-order valence-corrected chi connectivity index (χ4v) is 2.70. The molecule has 1 atom stereocenters. The van der Waals surface area contributed by atoms with Crippen molar-refractivity contribution in [1.29, 1.82) is 0 Å². The third-order valence-corrected chi connectivity index (χ3v) is 3.92. The Morgan fingerprint density at radius 2 is 2.35 bits per heavy atom. The first-order chi connectivity index (χ1) is 8.16.